The smallest absolute Gasteiger partial charge is 0.265 e. The number of nitrogens with one attached hydrogen (secondary N) is 1. The summed E-state index contributed by atoms with van der Waals surface area (Å²) in [5.74, 6) is 1.10. The van der Waals surface area contributed by atoms with Crippen molar-refractivity contribution < 1.29 is 14.3 Å². The summed E-state index contributed by atoms with van der Waals surface area (Å²) >= 11 is 2.66. The van der Waals surface area contributed by atoms with Crippen molar-refractivity contribution in [2.75, 3.05) is 22.6 Å². The van der Waals surface area contributed by atoms with Crippen LogP contribution in [-0.4, -0.2) is 43.9 Å². The fourth-order valence-corrected chi connectivity index (χ4v) is 5.40. The van der Waals surface area contributed by atoms with E-state index in [1.807, 2.05) is 79.4 Å². The minimum Gasteiger partial charge on any atom is -0.482 e. The van der Waals surface area contributed by atoms with E-state index < -0.39 is 0 Å². The predicted octanol–water partition coefficient (Wildman–Crippen LogP) is 4.46. The lowest BCUT2D eigenvalue weighted by molar-refractivity contribution is -0.121. The van der Waals surface area contributed by atoms with Crippen LogP contribution in [0, 0.1) is 6.92 Å². The zero-order valence-electron chi connectivity index (χ0n) is 20.0. The van der Waals surface area contributed by atoms with Crippen LogP contribution in [0.5, 0.6) is 5.75 Å². The van der Waals surface area contributed by atoms with Gasteiger partial charge in [0.25, 0.3) is 5.91 Å². The van der Waals surface area contributed by atoms with Crippen molar-refractivity contribution in [3.63, 3.8) is 0 Å². The molecule has 0 fully saturated rings. The Morgan fingerprint density at radius 3 is 2.78 bits per heavy atom. The van der Waals surface area contributed by atoms with Gasteiger partial charge in [-0.15, -0.1) is 21.5 Å². The highest BCUT2D eigenvalue weighted by atomic mass is 32.2. The van der Waals surface area contributed by atoms with Crippen molar-refractivity contribution in [2.45, 2.75) is 25.0 Å². The summed E-state index contributed by atoms with van der Waals surface area (Å²) in [7, 11) is 1.83. The van der Waals surface area contributed by atoms with E-state index in [9.17, 15) is 9.59 Å². The molecule has 2 aromatic heterocycles. The number of anilines is 2. The minimum atomic E-state index is -0.362. The number of hydrogen-bond donors (Lipinski definition) is 1. The number of thiazole rings is 1. The number of carbonyl (C=O) groups is 2. The molecule has 0 aliphatic carbocycles. The Morgan fingerprint density at radius 1 is 1.19 bits per heavy atom. The van der Waals surface area contributed by atoms with Gasteiger partial charge in [0.1, 0.15) is 5.75 Å². The van der Waals surface area contributed by atoms with E-state index in [-0.39, 0.29) is 30.2 Å². The molecule has 4 aromatic rings. The Balaban J connectivity index is 1.23. The van der Waals surface area contributed by atoms with Crippen molar-refractivity contribution in [1.82, 2.24) is 19.7 Å². The van der Waals surface area contributed by atoms with Crippen LogP contribution in [0.4, 0.5) is 10.8 Å². The summed E-state index contributed by atoms with van der Waals surface area (Å²) in [4.78, 5) is 31.4. The quantitative estimate of drug-likeness (QED) is 0.359. The van der Waals surface area contributed by atoms with Crippen LogP contribution in [0.15, 0.2) is 59.1 Å². The number of ether oxygens (including phenoxy) is 1. The van der Waals surface area contributed by atoms with Gasteiger partial charge in [-0.25, -0.2) is 4.98 Å². The van der Waals surface area contributed by atoms with Gasteiger partial charge < -0.3 is 14.6 Å². The number of aromatic nitrogens is 4. The van der Waals surface area contributed by atoms with Gasteiger partial charge in [-0.1, -0.05) is 53.7 Å². The molecule has 1 unspecified atom stereocenters. The number of fused-ring (bicyclic) bond motifs is 1. The van der Waals surface area contributed by atoms with E-state index >= 15 is 0 Å². The summed E-state index contributed by atoms with van der Waals surface area (Å²) < 4.78 is 7.36. The summed E-state index contributed by atoms with van der Waals surface area (Å²) in [5.41, 5.74) is 3.72. The topological polar surface area (TPSA) is 102 Å². The van der Waals surface area contributed by atoms with Crippen LogP contribution >= 0.6 is 23.1 Å². The SMILES string of the molecule is Cc1ccc(-c2csc(NC(=O)CSc3nnc(C(C)N4C(=O)COc5ccccc54)n3C)n2)cc1. The lowest BCUT2D eigenvalue weighted by Gasteiger charge is -2.33. The second-order valence-corrected chi connectivity index (χ2v) is 10.1. The molecule has 2 aromatic carbocycles. The number of rotatable bonds is 7. The largest absolute Gasteiger partial charge is 0.482 e. The maximum atomic E-state index is 12.7. The molecule has 0 spiro atoms. The number of hydrogen-bond acceptors (Lipinski definition) is 8. The van der Waals surface area contributed by atoms with E-state index in [2.05, 4.69) is 20.5 Å². The van der Waals surface area contributed by atoms with Gasteiger partial charge in [-0.05, 0) is 26.0 Å². The van der Waals surface area contributed by atoms with Crippen molar-refractivity contribution >= 4 is 45.7 Å². The minimum absolute atomic E-state index is 0.0244. The summed E-state index contributed by atoms with van der Waals surface area (Å²) in [6.07, 6.45) is 0. The lowest BCUT2D eigenvalue weighted by Crippen LogP contribution is -2.41. The first kappa shape index (κ1) is 24.0. The molecule has 5 rings (SSSR count). The number of amides is 2. The average Bonchev–Trinajstić information content (AvgIpc) is 3.49. The van der Waals surface area contributed by atoms with Gasteiger partial charge in [0.2, 0.25) is 5.91 Å². The molecule has 1 aliphatic rings. The fraction of sp³-hybridized carbons (Fsp3) is 0.240. The molecule has 1 aliphatic heterocycles. The molecule has 9 nitrogen and oxygen atoms in total. The van der Waals surface area contributed by atoms with Gasteiger partial charge in [0.15, 0.2) is 22.7 Å². The van der Waals surface area contributed by atoms with Gasteiger partial charge in [-0.3, -0.25) is 14.5 Å². The van der Waals surface area contributed by atoms with Crippen LogP contribution < -0.4 is 15.0 Å². The van der Waals surface area contributed by atoms with Crippen LogP contribution in [0.1, 0.15) is 24.4 Å². The molecule has 11 heteroatoms. The molecule has 0 bridgehead atoms. The lowest BCUT2D eigenvalue weighted by atomic mass is 10.1. The molecule has 1 N–H and O–H groups in total. The van der Waals surface area contributed by atoms with Crippen molar-refractivity contribution in [3.8, 4) is 17.0 Å². The van der Waals surface area contributed by atoms with E-state index in [4.69, 9.17) is 4.74 Å². The molecule has 2 amide bonds. The molecule has 1 atom stereocenters. The number of aryl methyl sites for hydroxylation is 1. The maximum absolute atomic E-state index is 12.7. The second-order valence-electron chi connectivity index (χ2n) is 8.34. The number of nitrogens with zero attached hydrogens (tertiary/aromatic N) is 5. The monoisotopic (exact) mass is 520 g/mol. The van der Waals surface area contributed by atoms with Crippen LogP contribution in [0.2, 0.25) is 0 Å². The third kappa shape index (κ3) is 4.84. The molecular weight excluding hydrogens is 496 g/mol. The molecular formula is C25H24N6O3S2. The Labute approximate surface area is 216 Å². The van der Waals surface area contributed by atoms with E-state index in [0.717, 1.165) is 11.3 Å². The zero-order valence-corrected chi connectivity index (χ0v) is 21.6. The highest BCUT2D eigenvalue weighted by Gasteiger charge is 2.32. The maximum Gasteiger partial charge on any atom is 0.265 e. The van der Waals surface area contributed by atoms with Gasteiger partial charge in [-0.2, -0.15) is 0 Å². The predicted molar refractivity (Wildman–Crippen MR) is 140 cm³/mol. The number of carbonyl (C=O) groups excluding carboxylic acids is 2. The Kier molecular flexibility index (Phi) is 6.75. The van der Waals surface area contributed by atoms with Crippen molar-refractivity contribution in [3.05, 3.63) is 65.3 Å². The Morgan fingerprint density at radius 2 is 1.97 bits per heavy atom. The van der Waals surface area contributed by atoms with Crippen molar-refractivity contribution in [1.29, 1.82) is 0 Å². The number of benzene rings is 2. The van der Waals surface area contributed by atoms with E-state index in [1.165, 1.54) is 28.7 Å². The first-order valence-electron chi connectivity index (χ1n) is 11.3. The normalized spacial score (nSPS) is 13.8. The fourth-order valence-electron chi connectivity index (χ4n) is 3.95. The summed E-state index contributed by atoms with van der Waals surface area (Å²) in [6.45, 7) is 3.92. The molecule has 0 saturated heterocycles. The average molecular weight is 521 g/mol. The number of thioether (sulfide) groups is 1. The number of para-hydroxylation sites is 2. The van der Waals surface area contributed by atoms with Gasteiger partial charge in [0.05, 0.1) is 23.2 Å². The summed E-state index contributed by atoms with van der Waals surface area (Å²) in [6, 6.07) is 15.2. The molecule has 3 heterocycles. The molecule has 0 radical (unpaired) electrons. The van der Waals surface area contributed by atoms with E-state index in [1.54, 1.807) is 4.90 Å². The molecule has 184 valence electrons. The first-order valence-corrected chi connectivity index (χ1v) is 13.2. The molecule has 0 saturated carbocycles. The highest BCUT2D eigenvalue weighted by molar-refractivity contribution is 7.99. The van der Waals surface area contributed by atoms with Crippen molar-refractivity contribution in [2.24, 2.45) is 7.05 Å². The zero-order chi connectivity index (χ0) is 25.2. The molecule has 36 heavy (non-hydrogen) atoms. The third-order valence-corrected chi connectivity index (χ3v) is 7.58. The Hall–Kier alpha value is -3.70. The standard InChI is InChI=1S/C25H24N6O3S2/c1-15-8-10-17(11-9-15)18-13-35-24(26-18)27-21(32)14-36-25-29-28-23(30(25)3)16(2)31-19-6-4-5-7-20(19)34-12-22(31)33/h4-11,13,16H,12,14H2,1-3H3,(H,26,27,32). The third-order valence-electron chi connectivity index (χ3n) is 5.80. The second kappa shape index (κ2) is 10.1. The first-order chi connectivity index (χ1) is 17.4. The summed E-state index contributed by atoms with van der Waals surface area (Å²) in [5, 5.41) is 14.5. The van der Waals surface area contributed by atoms with Crippen LogP contribution in [-0.2, 0) is 16.6 Å². The Bertz CT molecular complexity index is 1420. The van der Waals surface area contributed by atoms with Crippen LogP contribution in [0.3, 0.4) is 0 Å². The van der Waals surface area contributed by atoms with Crippen LogP contribution in [0.25, 0.3) is 11.3 Å². The van der Waals surface area contributed by atoms with Gasteiger partial charge in [0, 0.05) is 18.0 Å². The highest BCUT2D eigenvalue weighted by Crippen LogP contribution is 2.37. The van der Waals surface area contributed by atoms with Gasteiger partial charge >= 0.3 is 0 Å². The van der Waals surface area contributed by atoms with E-state index in [0.29, 0.717) is 27.5 Å².